The van der Waals surface area contributed by atoms with Crippen LogP contribution in [-0.2, 0) is 6.42 Å². The van der Waals surface area contributed by atoms with Crippen molar-refractivity contribution in [1.82, 2.24) is 5.32 Å². The van der Waals surface area contributed by atoms with Crippen LogP contribution in [0.1, 0.15) is 63.0 Å². The Morgan fingerprint density at radius 1 is 1.07 bits per heavy atom. The number of ether oxygens (including phenoxy) is 1. The van der Waals surface area contributed by atoms with Crippen LogP contribution < -0.4 is 10.1 Å². The Bertz CT molecular complexity index is 1020. The highest BCUT2D eigenvalue weighted by atomic mass is 16.5. The minimum Gasteiger partial charge on any atom is -0.497 e. The van der Waals surface area contributed by atoms with E-state index in [4.69, 9.17) is 9.15 Å². The lowest BCUT2D eigenvalue weighted by Gasteiger charge is -2.18. The molecular weight excluding hydrogens is 374 g/mol. The molecule has 4 rings (SSSR count). The van der Waals surface area contributed by atoms with Crippen molar-refractivity contribution in [2.75, 3.05) is 7.11 Å². The number of hydrogen-bond donors (Lipinski definition) is 1. The van der Waals surface area contributed by atoms with Crippen LogP contribution in [0.4, 0.5) is 0 Å². The van der Waals surface area contributed by atoms with Crippen molar-refractivity contribution in [1.29, 1.82) is 0 Å². The fraction of sp³-hybridized carbons (Fsp3) is 0.346. The lowest BCUT2D eigenvalue weighted by molar-refractivity contribution is 0.0902. The number of amides is 1. The molecular formula is C26H29NO3. The summed E-state index contributed by atoms with van der Waals surface area (Å²) in [7, 11) is 1.66. The molecule has 1 amide bonds. The molecule has 30 heavy (non-hydrogen) atoms. The van der Waals surface area contributed by atoms with Crippen LogP contribution in [-0.4, -0.2) is 13.0 Å². The predicted molar refractivity (Wildman–Crippen MR) is 118 cm³/mol. The molecule has 1 heterocycles. The van der Waals surface area contributed by atoms with E-state index in [1.54, 1.807) is 13.2 Å². The van der Waals surface area contributed by atoms with Gasteiger partial charge in [0, 0.05) is 6.42 Å². The third-order valence-electron chi connectivity index (χ3n) is 5.93. The van der Waals surface area contributed by atoms with Crippen molar-refractivity contribution in [3.05, 3.63) is 87.9 Å². The van der Waals surface area contributed by atoms with Crippen molar-refractivity contribution < 1.29 is 13.9 Å². The third-order valence-corrected chi connectivity index (χ3v) is 5.93. The minimum atomic E-state index is -0.161. The zero-order valence-corrected chi connectivity index (χ0v) is 18.1. The summed E-state index contributed by atoms with van der Waals surface area (Å²) in [4.78, 5) is 12.9. The summed E-state index contributed by atoms with van der Waals surface area (Å²) in [6.07, 6.45) is 2.95. The van der Waals surface area contributed by atoms with Gasteiger partial charge in [-0.1, -0.05) is 29.8 Å². The first-order valence-electron chi connectivity index (χ1n) is 10.5. The quantitative estimate of drug-likeness (QED) is 0.552. The molecule has 0 aliphatic heterocycles. The highest BCUT2D eigenvalue weighted by Crippen LogP contribution is 2.41. The van der Waals surface area contributed by atoms with E-state index in [1.807, 2.05) is 30.3 Å². The topological polar surface area (TPSA) is 51.5 Å². The standard InChI is InChI=1S/C26H29NO3/c1-16-13-17(2)23(18(3)14-16)15-22-11-12-24(30-22)26(28)27-25(19-5-6-19)20-7-9-21(29-4)10-8-20/h7-14,19,25H,5-6,15H2,1-4H3,(H,27,28). The van der Waals surface area contributed by atoms with E-state index in [-0.39, 0.29) is 11.9 Å². The van der Waals surface area contributed by atoms with Crippen molar-refractivity contribution in [3.63, 3.8) is 0 Å². The van der Waals surface area contributed by atoms with Gasteiger partial charge in [0.2, 0.25) is 0 Å². The average molecular weight is 404 g/mol. The lowest BCUT2D eigenvalue weighted by atomic mass is 9.97. The number of benzene rings is 2. The number of carbonyl (C=O) groups is 1. The number of hydrogen-bond acceptors (Lipinski definition) is 3. The van der Waals surface area contributed by atoms with Gasteiger partial charge in [-0.25, -0.2) is 0 Å². The Labute approximate surface area is 178 Å². The van der Waals surface area contributed by atoms with E-state index >= 15 is 0 Å². The Morgan fingerprint density at radius 2 is 1.73 bits per heavy atom. The monoisotopic (exact) mass is 403 g/mol. The molecule has 1 fully saturated rings. The van der Waals surface area contributed by atoms with Crippen LogP contribution in [0.5, 0.6) is 5.75 Å². The largest absolute Gasteiger partial charge is 0.497 e. The molecule has 0 spiro atoms. The first-order valence-corrected chi connectivity index (χ1v) is 10.5. The van der Waals surface area contributed by atoms with Gasteiger partial charge < -0.3 is 14.5 Å². The first kappa shape index (κ1) is 20.3. The second-order valence-corrected chi connectivity index (χ2v) is 8.38. The molecule has 1 aliphatic rings. The molecule has 1 N–H and O–H groups in total. The maximum absolute atomic E-state index is 12.9. The molecule has 2 aromatic carbocycles. The zero-order valence-electron chi connectivity index (χ0n) is 18.1. The minimum absolute atomic E-state index is 0.00135. The Morgan fingerprint density at radius 3 is 2.33 bits per heavy atom. The highest BCUT2D eigenvalue weighted by molar-refractivity contribution is 5.91. The SMILES string of the molecule is COc1ccc(C(NC(=O)c2ccc(Cc3c(C)cc(C)cc3C)o2)C2CC2)cc1. The molecule has 156 valence electrons. The second-order valence-electron chi connectivity index (χ2n) is 8.38. The number of aryl methyl sites for hydroxylation is 3. The van der Waals surface area contributed by atoms with Crippen LogP contribution in [0.15, 0.2) is 52.9 Å². The van der Waals surface area contributed by atoms with Crippen molar-refractivity contribution in [2.45, 2.75) is 46.1 Å². The summed E-state index contributed by atoms with van der Waals surface area (Å²) in [6.45, 7) is 6.36. The Hall–Kier alpha value is -3.01. The summed E-state index contributed by atoms with van der Waals surface area (Å²) in [6, 6.07) is 16.0. The Kier molecular flexibility index (Phi) is 5.67. The van der Waals surface area contributed by atoms with Gasteiger partial charge in [-0.05, 0) is 86.1 Å². The second kappa shape index (κ2) is 8.39. The van der Waals surface area contributed by atoms with Crippen molar-refractivity contribution >= 4 is 5.91 Å². The molecule has 1 unspecified atom stereocenters. The highest BCUT2D eigenvalue weighted by Gasteiger charge is 2.34. The van der Waals surface area contributed by atoms with Crippen molar-refractivity contribution in [2.24, 2.45) is 5.92 Å². The van der Waals surface area contributed by atoms with Crippen LogP contribution in [0.2, 0.25) is 0 Å². The fourth-order valence-electron chi connectivity index (χ4n) is 4.18. The van der Waals surface area contributed by atoms with Gasteiger partial charge in [-0.3, -0.25) is 4.79 Å². The van der Waals surface area contributed by atoms with Crippen LogP contribution in [0.3, 0.4) is 0 Å². The Balaban J connectivity index is 1.48. The summed E-state index contributed by atoms with van der Waals surface area (Å²) in [5, 5.41) is 3.18. The van der Waals surface area contributed by atoms with Crippen LogP contribution in [0, 0.1) is 26.7 Å². The summed E-state index contributed by atoms with van der Waals surface area (Å²) in [5.41, 5.74) is 6.13. The van der Waals surface area contributed by atoms with Gasteiger partial charge in [-0.2, -0.15) is 0 Å². The molecule has 4 nitrogen and oxygen atoms in total. The van der Waals surface area contributed by atoms with E-state index in [0.29, 0.717) is 18.1 Å². The molecule has 0 saturated heterocycles. The van der Waals surface area contributed by atoms with Gasteiger partial charge in [-0.15, -0.1) is 0 Å². The number of carbonyl (C=O) groups excluding carboxylic acids is 1. The molecule has 1 saturated carbocycles. The number of methoxy groups -OCH3 is 1. The third kappa shape index (κ3) is 4.43. The van der Waals surface area contributed by atoms with Gasteiger partial charge in [0.25, 0.3) is 5.91 Å². The summed E-state index contributed by atoms with van der Waals surface area (Å²) >= 11 is 0. The lowest BCUT2D eigenvalue weighted by Crippen LogP contribution is -2.29. The molecule has 1 aromatic heterocycles. The van der Waals surface area contributed by atoms with E-state index in [0.717, 1.165) is 29.9 Å². The van der Waals surface area contributed by atoms with Crippen LogP contribution in [0.25, 0.3) is 0 Å². The maximum atomic E-state index is 12.9. The number of rotatable bonds is 7. The predicted octanol–water partition coefficient (Wildman–Crippen LogP) is 5.69. The van der Waals surface area contributed by atoms with Gasteiger partial charge in [0.1, 0.15) is 11.5 Å². The van der Waals surface area contributed by atoms with E-state index in [2.05, 4.69) is 38.2 Å². The van der Waals surface area contributed by atoms with E-state index in [1.165, 1.54) is 22.3 Å². The smallest absolute Gasteiger partial charge is 0.287 e. The number of furan rings is 1. The number of nitrogens with one attached hydrogen (secondary N) is 1. The van der Waals surface area contributed by atoms with Crippen molar-refractivity contribution in [3.8, 4) is 5.75 Å². The summed E-state index contributed by atoms with van der Waals surface area (Å²) in [5.74, 6) is 2.31. The van der Waals surface area contributed by atoms with Crippen LogP contribution >= 0.6 is 0 Å². The molecule has 1 atom stereocenters. The maximum Gasteiger partial charge on any atom is 0.287 e. The van der Waals surface area contributed by atoms with Gasteiger partial charge in [0.05, 0.1) is 13.2 Å². The average Bonchev–Trinajstić information content (AvgIpc) is 3.46. The first-order chi connectivity index (χ1) is 14.4. The van der Waals surface area contributed by atoms with Gasteiger partial charge in [0.15, 0.2) is 5.76 Å². The van der Waals surface area contributed by atoms with Gasteiger partial charge >= 0.3 is 0 Å². The zero-order chi connectivity index (χ0) is 21.3. The molecule has 4 heteroatoms. The molecule has 1 aliphatic carbocycles. The fourth-order valence-corrected chi connectivity index (χ4v) is 4.18. The molecule has 0 radical (unpaired) electrons. The molecule has 3 aromatic rings. The summed E-state index contributed by atoms with van der Waals surface area (Å²) < 4.78 is 11.2. The van der Waals surface area contributed by atoms with E-state index in [9.17, 15) is 4.79 Å². The molecule has 0 bridgehead atoms. The van der Waals surface area contributed by atoms with E-state index < -0.39 is 0 Å². The normalized spacial score (nSPS) is 14.4.